The predicted octanol–water partition coefficient (Wildman–Crippen LogP) is 2.85. The van der Waals surface area contributed by atoms with Crippen molar-refractivity contribution in [3.63, 3.8) is 0 Å². The number of hydrogen-bond acceptors (Lipinski definition) is 6. The minimum absolute atomic E-state index is 0.0294. The van der Waals surface area contributed by atoms with Crippen molar-refractivity contribution in [2.45, 2.75) is 16.3 Å². The average molecular weight is 490 g/mol. The Morgan fingerprint density at radius 3 is 2.45 bits per heavy atom. The summed E-state index contributed by atoms with van der Waals surface area (Å²) in [6.45, 7) is 0.0294. The van der Waals surface area contributed by atoms with Gasteiger partial charge >= 0.3 is 0 Å². The highest BCUT2D eigenvalue weighted by Crippen LogP contribution is 2.20. The van der Waals surface area contributed by atoms with Crippen LogP contribution < -0.4 is 15.6 Å². The minimum atomic E-state index is -3.72. The molecule has 11 heteroatoms. The van der Waals surface area contributed by atoms with E-state index < -0.39 is 27.7 Å². The number of sulfonamides is 1. The molecule has 2 amide bonds. The fourth-order valence-electron chi connectivity index (χ4n) is 2.51. The second-order valence-electron chi connectivity index (χ2n) is 6.56. The highest BCUT2D eigenvalue weighted by atomic mass is 32.2. The molecule has 0 radical (unpaired) electrons. The highest BCUT2D eigenvalue weighted by Gasteiger charge is 2.14. The SMILES string of the molecule is O=C(/C=C/c1ccc(S(=O)(=O)NCc2ccco2)cc1)NNC(=O)CSc1ccccc1F. The third kappa shape index (κ3) is 7.59. The molecule has 0 saturated carbocycles. The summed E-state index contributed by atoms with van der Waals surface area (Å²) < 4.78 is 45.7. The molecule has 0 aliphatic carbocycles. The molecule has 0 unspecified atom stereocenters. The molecule has 2 aromatic carbocycles. The normalized spacial score (nSPS) is 11.4. The molecule has 0 spiro atoms. The number of hydrogen-bond donors (Lipinski definition) is 3. The lowest BCUT2D eigenvalue weighted by Gasteiger charge is -2.06. The number of amides is 2. The molecule has 0 bridgehead atoms. The molecule has 0 saturated heterocycles. The number of nitrogens with one attached hydrogen (secondary N) is 3. The van der Waals surface area contributed by atoms with Crippen LogP contribution in [0.25, 0.3) is 6.08 Å². The van der Waals surface area contributed by atoms with E-state index in [1.807, 2.05) is 0 Å². The van der Waals surface area contributed by atoms with Gasteiger partial charge in [-0.25, -0.2) is 17.5 Å². The lowest BCUT2D eigenvalue weighted by Crippen LogP contribution is -2.41. The standard InChI is InChI=1S/C22H20FN3O5S2/c23-19-5-1-2-6-20(19)32-15-22(28)26-25-21(27)12-9-16-7-10-18(11-8-16)33(29,30)24-14-17-4-3-13-31-17/h1-13,24H,14-15H2,(H,25,27)(H,26,28)/b12-9+. The number of hydrazine groups is 1. The van der Waals surface area contributed by atoms with Gasteiger partial charge in [-0.15, -0.1) is 11.8 Å². The number of halogens is 1. The molecular weight excluding hydrogens is 469 g/mol. The van der Waals surface area contributed by atoms with Gasteiger partial charge in [-0.3, -0.25) is 20.4 Å². The third-order valence-corrected chi connectivity index (χ3v) is 6.62. The van der Waals surface area contributed by atoms with Crippen LogP contribution in [-0.4, -0.2) is 26.0 Å². The zero-order valence-corrected chi connectivity index (χ0v) is 18.8. The third-order valence-electron chi connectivity index (χ3n) is 4.15. The minimum Gasteiger partial charge on any atom is -0.468 e. The lowest BCUT2D eigenvalue weighted by molar-refractivity contribution is -0.125. The number of furan rings is 1. The van der Waals surface area contributed by atoms with Gasteiger partial charge < -0.3 is 4.42 Å². The maximum absolute atomic E-state index is 13.5. The Labute approximate surface area is 194 Å². The molecule has 8 nitrogen and oxygen atoms in total. The van der Waals surface area contributed by atoms with Crippen molar-refractivity contribution in [3.8, 4) is 0 Å². The molecule has 0 aliphatic heterocycles. The van der Waals surface area contributed by atoms with E-state index in [1.54, 1.807) is 30.3 Å². The Morgan fingerprint density at radius 2 is 1.76 bits per heavy atom. The van der Waals surface area contributed by atoms with E-state index in [0.717, 1.165) is 11.8 Å². The first-order chi connectivity index (χ1) is 15.8. The van der Waals surface area contributed by atoms with Gasteiger partial charge in [0.25, 0.3) is 5.91 Å². The topological polar surface area (TPSA) is 118 Å². The summed E-state index contributed by atoms with van der Waals surface area (Å²) >= 11 is 1.01. The van der Waals surface area contributed by atoms with Crippen molar-refractivity contribution in [1.29, 1.82) is 0 Å². The smallest absolute Gasteiger partial charge is 0.262 e. The Bertz CT molecular complexity index is 1230. The summed E-state index contributed by atoms with van der Waals surface area (Å²) in [6.07, 6.45) is 4.10. The first kappa shape index (κ1) is 24.2. The first-order valence-electron chi connectivity index (χ1n) is 9.60. The monoisotopic (exact) mass is 489 g/mol. The molecule has 172 valence electrons. The summed E-state index contributed by atoms with van der Waals surface area (Å²) in [5.74, 6) is -1.09. The average Bonchev–Trinajstić information content (AvgIpc) is 3.34. The molecule has 0 atom stereocenters. The first-order valence-corrected chi connectivity index (χ1v) is 12.1. The van der Waals surface area contributed by atoms with Crippen molar-refractivity contribution in [2.24, 2.45) is 0 Å². The Kier molecular flexibility index (Phi) is 8.41. The van der Waals surface area contributed by atoms with Crippen molar-refractivity contribution in [2.75, 3.05) is 5.75 Å². The van der Waals surface area contributed by atoms with Gasteiger partial charge in [0.05, 0.1) is 23.5 Å². The Balaban J connectivity index is 1.44. The molecule has 3 aromatic rings. The van der Waals surface area contributed by atoms with E-state index >= 15 is 0 Å². The van der Waals surface area contributed by atoms with Gasteiger partial charge in [-0.2, -0.15) is 0 Å². The van der Waals surface area contributed by atoms with Gasteiger partial charge in [-0.1, -0.05) is 24.3 Å². The number of carbonyl (C=O) groups excluding carboxylic acids is 2. The maximum atomic E-state index is 13.5. The second-order valence-corrected chi connectivity index (χ2v) is 9.35. The summed E-state index contributed by atoms with van der Waals surface area (Å²) in [5.41, 5.74) is 5.04. The number of carbonyl (C=O) groups is 2. The largest absolute Gasteiger partial charge is 0.468 e. The zero-order chi connectivity index (χ0) is 23.7. The van der Waals surface area contributed by atoms with E-state index in [-0.39, 0.29) is 17.2 Å². The van der Waals surface area contributed by atoms with Crippen LogP contribution >= 0.6 is 11.8 Å². The molecule has 1 aromatic heterocycles. The molecule has 0 aliphatic rings. The molecule has 3 rings (SSSR count). The van der Waals surface area contributed by atoms with Crippen molar-refractivity contribution >= 4 is 39.7 Å². The van der Waals surface area contributed by atoms with E-state index in [1.165, 1.54) is 48.7 Å². The number of thioether (sulfide) groups is 1. The molecule has 0 fully saturated rings. The fraction of sp³-hybridized carbons (Fsp3) is 0.0909. The van der Waals surface area contributed by atoms with Crippen LogP contribution in [0.4, 0.5) is 4.39 Å². The van der Waals surface area contributed by atoms with Crippen LogP contribution in [0, 0.1) is 5.82 Å². The van der Waals surface area contributed by atoms with Crippen LogP contribution in [0.1, 0.15) is 11.3 Å². The van der Waals surface area contributed by atoms with Gasteiger partial charge in [0.1, 0.15) is 11.6 Å². The summed E-state index contributed by atoms with van der Waals surface area (Å²) in [5, 5.41) is 0. The highest BCUT2D eigenvalue weighted by molar-refractivity contribution is 8.00. The van der Waals surface area contributed by atoms with Crippen LogP contribution in [0.15, 0.2) is 87.2 Å². The number of rotatable bonds is 9. The van der Waals surface area contributed by atoms with Crippen molar-refractivity contribution in [3.05, 3.63) is 90.1 Å². The van der Waals surface area contributed by atoms with Gasteiger partial charge in [0.2, 0.25) is 15.9 Å². The van der Waals surface area contributed by atoms with Crippen LogP contribution in [0.2, 0.25) is 0 Å². The predicted molar refractivity (Wildman–Crippen MR) is 122 cm³/mol. The van der Waals surface area contributed by atoms with E-state index in [2.05, 4.69) is 15.6 Å². The van der Waals surface area contributed by atoms with Crippen LogP contribution in [-0.2, 0) is 26.2 Å². The number of benzene rings is 2. The van der Waals surface area contributed by atoms with Crippen molar-refractivity contribution in [1.82, 2.24) is 15.6 Å². The molecule has 33 heavy (non-hydrogen) atoms. The molecule has 1 heterocycles. The Hall–Kier alpha value is -3.41. The fourth-order valence-corrected chi connectivity index (χ4v) is 4.24. The summed E-state index contributed by atoms with van der Waals surface area (Å²) in [7, 11) is -3.72. The second kappa shape index (κ2) is 11.5. The summed E-state index contributed by atoms with van der Waals surface area (Å²) in [4.78, 5) is 24.1. The van der Waals surface area contributed by atoms with E-state index in [0.29, 0.717) is 16.2 Å². The van der Waals surface area contributed by atoms with Gasteiger partial charge in [-0.05, 0) is 48.0 Å². The van der Waals surface area contributed by atoms with E-state index in [9.17, 15) is 22.4 Å². The summed E-state index contributed by atoms with van der Waals surface area (Å²) in [6, 6.07) is 15.3. The molecular formula is C22H20FN3O5S2. The maximum Gasteiger partial charge on any atom is 0.262 e. The van der Waals surface area contributed by atoms with Gasteiger partial charge in [0, 0.05) is 11.0 Å². The van der Waals surface area contributed by atoms with Gasteiger partial charge in [0.15, 0.2) is 0 Å². The zero-order valence-electron chi connectivity index (χ0n) is 17.2. The van der Waals surface area contributed by atoms with Crippen LogP contribution in [0.3, 0.4) is 0 Å². The van der Waals surface area contributed by atoms with Crippen LogP contribution in [0.5, 0.6) is 0 Å². The quantitative estimate of drug-likeness (QED) is 0.242. The van der Waals surface area contributed by atoms with Crippen molar-refractivity contribution < 1.29 is 26.8 Å². The molecule has 3 N–H and O–H groups in total. The Morgan fingerprint density at radius 1 is 1.00 bits per heavy atom. The lowest BCUT2D eigenvalue weighted by atomic mass is 10.2. The van der Waals surface area contributed by atoms with E-state index in [4.69, 9.17) is 4.42 Å².